The van der Waals surface area contributed by atoms with Gasteiger partial charge in [0.15, 0.2) is 0 Å². The van der Waals surface area contributed by atoms with E-state index in [1.165, 1.54) is 5.56 Å². The van der Waals surface area contributed by atoms with Crippen molar-refractivity contribution in [1.82, 2.24) is 0 Å². The smallest absolute Gasteiger partial charge is 0.142 e. The Kier molecular flexibility index (Phi) is 5.30. The Balaban J connectivity index is 1.79. The minimum absolute atomic E-state index is 0.615. The Morgan fingerprint density at radius 2 is 1.70 bits per heavy atom. The lowest BCUT2D eigenvalue weighted by Gasteiger charge is -2.12. The van der Waals surface area contributed by atoms with Crippen molar-refractivity contribution in [3.05, 3.63) is 54.1 Å². The van der Waals surface area contributed by atoms with Crippen LogP contribution in [0, 0.1) is 6.92 Å². The maximum absolute atomic E-state index is 5.68. The number of anilines is 1. The lowest BCUT2D eigenvalue weighted by molar-refractivity contribution is 0.330. The monoisotopic (exact) mass is 271 g/mol. The van der Waals surface area contributed by atoms with Crippen LogP contribution >= 0.6 is 0 Å². The molecule has 0 aliphatic carbocycles. The molecule has 106 valence electrons. The standard InChI is InChI=1S/C17H21NO2/c1-3-19-17-7-5-4-6-16(17)18-12-13-20-15-10-8-14(2)9-11-15/h4-11,18H,3,12-13H2,1-2H3. The summed E-state index contributed by atoms with van der Waals surface area (Å²) >= 11 is 0. The highest BCUT2D eigenvalue weighted by atomic mass is 16.5. The molecular weight excluding hydrogens is 250 g/mol. The summed E-state index contributed by atoms with van der Waals surface area (Å²) in [5, 5.41) is 3.33. The van der Waals surface area contributed by atoms with Crippen molar-refractivity contribution in [1.29, 1.82) is 0 Å². The molecule has 0 bridgehead atoms. The van der Waals surface area contributed by atoms with Gasteiger partial charge in [-0.1, -0.05) is 29.8 Å². The molecule has 0 saturated carbocycles. The van der Waals surface area contributed by atoms with Crippen LogP contribution in [0.2, 0.25) is 0 Å². The molecule has 2 aromatic rings. The van der Waals surface area contributed by atoms with Crippen LogP contribution in [0.1, 0.15) is 12.5 Å². The molecule has 1 N–H and O–H groups in total. The van der Waals surface area contributed by atoms with Gasteiger partial charge in [-0.05, 0) is 38.1 Å². The average Bonchev–Trinajstić information content (AvgIpc) is 2.47. The number of para-hydroxylation sites is 2. The van der Waals surface area contributed by atoms with Crippen LogP contribution < -0.4 is 14.8 Å². The molecule has 0 saturated heterocycles. The average molecular weight is 271 g/mol. The Morgan fingerprint density at radius 3 is 2.45 bits per heavy atom. The highest BCUT2D eigenvalue weighted by molar-refractivity contribution is 5.56. The first-order valence-electron chi connectivity index (χ1n) is 6.94. The zero-order valence-electron chi connectivity index (χ0n) is 12.1. The van der Waals surface area contributed by atoms with E-state index in [9.17, 15) is 0 Å². The van der Waals surface area contributed by atoms with Gasteiger partial charge in [-0.2, -0.15) is 0 Å². The maximum Gasteiger partial charge on any atom is 0.142 e. The van der Waals surface area contributed by atoms with E-state index in [1.807, 2.05) is 55.5 Å². The Hall–Kier alpha value is -2.16. The van der Waals surface area contributed by atoms with E-state index < -0.39 is 0 Å². The van der Waals surface area contributed by atoms with Crippen molar-refractivity contribution in [2.45, 2.75) is 13.8 Å². The molecule has 0 amide bonds. The molecule has 0 aliphatic rings. The van der Waals surface area contributed by atoms with Crippen molar-refractivity contribution in [3.8, 4) is 11.5 Å². The normalized spacial score (nSPS) is 10.1. The van der Waals surface area contributed by atoms with Crippen LogP contribution in [0.25, 0.3) is 0 Å². The molecule has 2 rings (SSSR count). The molecule has 0 heterocycles. The largest absolute Gasteiger partial charge is 0.492 e. The third-order valence-electron chi connectivity index (χ3n) is 2.89. The van der Waals surface area contributed by atoms with E-state index in [2.05, 4.69) is 12.2 Å². The van der Waals surface area contributed by atoms with Crippen molar-refractivity contribution < 1.29 is 9.47 Å². The molecule has 0 unspecified atom stereocenters. The van der Waals surface area contributed by atoms with Gasteiger partial charge in [-0.15, -0.1) is 0 Å². The molecule has 3 nitrogen and oxygen atoms in total. The second-order valence-corrected chi connectivity index (χ2v) is 4.52. The zero-order chi connectivity index (χ0) is 14.2. The summed E-state index contributed by atoms with van der Waals surface area (Å²) in [5.41, 5.74) is 2.24. The number of hydrogen-bond donors (Lipinski definition) is 1. The summed E-state index contributed by atoms with van der Waals surface area (Å²) in [6.07, 6.45) is 0. The third kappa shape index (κ3) is 4.19. The highest BCUT2D eigenvalue weighted by Gasteiger charge is 2.01. The van der Waals surface area contributed by atoms with Gasteiger partial charge >= 0.3 is 0 Å². The summed E-state index contributed by atoms with van der Waals surface area (Å²) in [4.78, 5) is 0. The summed E-state index contributed by atoms with van der Waals surface area (Å²) in [5.74, 6) is 1.78. The lowest BCUT2D eigenvalue weighted by atomic mass is 10.2. The van der Waals surface area contributed by atoms with Gasteiger partial charge in [0.05, 0.1) is 12.3 Å². The van der Waals surface area contributed by atoms with Crippen molar-refractivity contribution >= 4 is 5.69 Å². The van der Waals surface area contributed by atoms with E-state index in [0.717, 1.165) is 23.7 Å². The number of aryl methyl sites for hydroxylation is 1. The van der Waals surface area contributed by atoms with Crippen LogP contribution in [0.4, 0.5) is 5.69 Å². The molecule has 2 aromatic carbocycles. The van der Waals surface area contributed by atoms with Gasteiger partial charge in [0.1, 0.15) is 18.1 Å². The summed E-state index contributed by atoms with van der Waals surface area (Å²) in [6.45, 7) is 6.06. The fourth-order valence-corrected chi connectivity index (χ4v) is 1.88. The minimum atomic E-state index is 0.615. The number of benzene rings is 2. The summed E-state index contributed by atoms with van der Waals surface area (Å²) < 4.78 is 11.2. The second kappa shape index (κ2) is 7.43. The van der Waals surface area contributed by atoms with E-state index >= 15 is 0 Å². The van der Waals surface area contributed by atoms with Crippen molar-refractivity contribution in [2.75, 3.05) is 25.1 Å². The first-order valence-corrected chi connectivity index (χ1v) is 6.94. The van der Waals surface area contributed by atoms with E-state index in [0.29, 0.717) is 13.2 Å². The van der Waals surface area contributed by atoms with Crippen molar-refractivity contribution in [3.63, 3.8) is 0 Å². The quantitative estimate of drug-likeness (QED) is 0.775. The summed E-state index contributed by atoms with van der Waals surface area (Å²) in [7, 11) is 0. The van der Waals surface area contributed by atoms with Gasteiger partial charge in [-0.25, -0.2) is 0 Å². The van der Waals surface area contributed by atoms with E-state index in [1.54, 1.807) is 0 Å². The highest BCUT2D eigenvalue weighted by Crippen LogP contribution is 2.23. The van der Waals surface area contributed by atoms with E-state index in [-0.39, 0.29) is 0 Å². The van der Waals surface area contributed by atoms with Crippen molar-refractivity contribution in [2.24, 2.45) is 0 Å². The molecule has 0 fully saturated rings. The Bertz CT molecular complexity index is 523. The van der Waals surface area contributed by atoms with Gasteiger partial charge in [0.2, 0.25) is 0 Å². The van der Waals surface area contributed by atoms with Gasteiger partial charge in [0.25, 0.3) is 0 Å². The first kappa shape index (κ1) is 14.3. The lowest BCUT2D eigenvalue weighted by Crippen LogP contribution is -2.12. The van der Waals surface area contributed by atoms with Crippen LogP contribution in [-0.2, 0) is 0 Å². The topological polar surface area (TPSA) is 30.5 Å². The molecular formula is C17H21NO2. The van der Waals surface area contributed by atoms with Crippen LogP contribution in [0.5, 0.6) is 11.5 Å². The molecule has 3 heteroatoms. The fourth-order valence-electron chi connectivity index (χ4n) is 1.88. The number of hydrogen-bond acceptors (Lipinski definition) is 3. The first-order chi connectivity index (χ1) is 9.79. The molecule has 20 heavy (non-hydrogen) atoms. The number of rotatable bonds is 7. The fraction of sp³-hybridized carbons (Fsp3) is 0.294. The van der Waals surface area contributed by atoms with Crippen LogP contribution in [0.15, 0.2) is 48.5 Å². The zero-order valence-corrected chi connectivity index (χ0v) is 12.1. The molecule has 0 radical (unpaired) electrons. The second-order valence-electron chi connectivity index (χ2n) is 4.52. The molecule has 0 aromatic heterocycles. The van der Waals surface area contributed by atoms with Crippen LogP contribution in [0.3, 0.4) is 0 Å². The van der Waals surface area contributed by atoms with Gasteiger partial charge in [0, 0.05) is 6.54 Å². The third-order valence-corrected chi connectivity index (χ3v) is 2.89. The molecule has 0 aliphatic heterocycles. The number of nitrogens with one attached hydrogen (secondary N) is 1. The Labute approximate surface area is 120 Å². The van der Waals surface area contributed by atoms with E-state index in [4.69, 9.17) is 9.47 Å². The minimum Gasteiger partial charge on any atom is -0.492 e. The van der Waals surface area contributed by atoms with Crippen LogP contribution in [-0.4, -0.2) is 19.8 Å². The summed E-state index contributed by atoms with van der Waals surface area (Å²) in [6, 6.07) is 16.0. The maximum atomic E-state index is 5.68. The number of ether oxygens (including phenoxy) is 2. The molecule has 0 spiro atoms. The molecule has 0 atom stereocenters. The Morgan fingerprint density at radius 1 is 0.950 bits per heavy atom. The predicted molar refractivity (Wildman–Crippen MR) is 82.8 cm³/mol. The van der Waals surface area contributed by atoms with Gasteiger partial charge < -0.3 is 14.8 Å². The van der Waals surface area contributed by atoms with Gasteiger partial charge in [-0.3, -0.25) is 0 Å². The SMILES string of the molecule is CCOc1ccccc1NCCOc1ccc(C)cc1. The predicted octanol–water partition coefficient (Wildman–Crippen LogP) is 3.88.